The van der Waals surface area contributed by atoms with Gasteiger partial charge in [0.15, 0.2) is 0 Å². The van der Waals surface area contributed by atoms with Gasteiger partial charge in [0.1, 0.15) is 5.82 Å². The minimum absolute atomic E-state index is 0.0427. The van der Waals surface area contributed by atoms with Gasteiger partial charge in [-0.25, -0.2) is 8.91 Å². The number of hydrogen-bond donors (Lipinski definition) is 1. The summed E-state index contributed by atoms with van der Waals surface area (Å²) >= 11 is 5.90. The maximum Gasteiger partial charge on any atom is 0.142 e. The number of hydrogen-bond acceptors (Lipinski definition) is 3. The zero-order valence-electron chi connectivity index (χ0n) is 10.4. The second kappa shape index (κ2) is 5.19. The van der Waals surface area contributed by atoms with E-state index in [9.17, 15) is 9.50 Å². The Morgan fingerprint density at radius 2 is 2.20 bits per heavy atom. The van der Waals surface area contributed by atoms with Crippen LogP contribution < -0.4 is 0 Å². The second-order valence-corrected chi connectivity index (χ2v) is 4.82. The lowest BCUT2D eigenvalue weighted by Crippen LogP contribution is -2.03. The Bertz CT molecular complexity index is 759. The van der Waals surface area contributed by atoms with Gasteiger partial charge in [0, 0.05) is 24.4 Å². The average Bonchev–Trinajstić information content (AvgIpc) is 2.88. The molecule has 102 valence electrons. The van der Waals surface area contributed by atoms with Crippen molar-refractivity contribution in [2.75, 3.05) is 0 Å². The smallest absolute Gasteiger partial charge is 0.142 e. The highest BCUT2D eigenvalue weighted by Crippen LogP contribution is 2.27. The number of aromatic nitrogens is 3. The zero-order chi connectivity index (χ0) is 14.1. The number of benzene rings is 1. The summed E-state index contributed by atoms with van der Waals surface area (Å²) in [5, 5.41) is 14.5. The number of fused-ring (bicyclic) bond motifs is 1. The molecule has 0 aliphatic heterocycles. The molecule has 20 heavy (non-hydrogen) atoms. The third-order valence-corrected chi connectivity index (χ3v) is 3.58. The van der Waals surface area contributed by atoms with Gasteiger partial charge in [-0.05, 0) is 11.6 Å². The van der Waals surface area contributed by atoms with Crippen LogP contribution in [-0.2, 0) is 6.42 Å². The minimum Gasteiger partial charge on any atom is -0.388 e. The van der Waals surface area contributed by atoms with E-state index in [0.29, 0.717) is 16.6 Å². The van der Waals surface area contributed by atoms with E-state index in [-0.39, 0.29) is 11.4 Å². The molecule has 1 unspecified atom stereocenters. The van der Waals surface area contributed by atoms with Crippen molar-refractivity contribution in [1.29, 1.82) is 0 Å². The van der Waals surface area contributed by atoms with E-state index in [0.717, 1.165) is 0 Å². The van der Waals surface area contributed by atoms with Gasteiger partial charge in [0.25, 0.3) is 0 Å². The van der Waals surface area contributed by atoms with Crippen LogP contribution in [0.25, 0.3) is 5.52 Å². The van der Waals surface area contributed by atoms with Crippen LogP contribution in [0.1, 0.15) is 17.2 Å². The molecule has 0 radical (unpaired) electrons. The second-order valence-electron chi connectivity index (χ2n) is 4.44. The maximum atomic E-state index is 13.4. The molecule has 0 spiro atoms. The van der Waals surface area contributed by atoms with Gasteiger partial charge in [-0.15, -0.1) is 0 Å². The Hall–Kier alpha value is -1.98. The Balaban J connectivity index is 1.93. The Morgan fingerprint density at radius 1 is 1.35 bits per heavy atom. The van der Waals surface area contributed by atoms with Gasteiger partial charge in [-0.1, -0.05) is 23.7 Å². The molecule has 3 aromatic rings. The van der Waals surface area contributed by atoms with E-state index in [1.165, 1.54) is 6.07 Å². The Labute approximate surface area is 119 Å². The zero-order valence-corrected chi connectivity index (χ0v) is 11.1. The fourth-order valence-corrected chi connectivity index (χ4v) is 2.34. The highest BCUT2D eigenvalue weighted by Gasteiger charge is 2.16. The fourth-order valence-electron chi connectivity index (χ4n) is 2.13. The molecule has 1 atom stereocenters. The van der Waals surface area contributed by atoms with Crippen molar-refractivity contribution in [2.24, 2.45) is 0 Å². The Kier molecular flexibility index (Phi) is 3.38. The first-order chi connectivity index (χ1) is 9.66. The van der Waals surface area contributed by atoms with E-state index in [1.54, 1.807) is 41.4 Å². The molecule has 6 heteroatoms. The summed E-state index contributed by atoms with van der Waals surface area (Å²) in [4.78, 5) is 4.01. The lowest BCUT2D eigenvalue weighted by Gasteiger charge is -2.11. The number of aliphatic hydroxyl groups excluding tert-OH is 1. The third kappa shape index (κ3) is 2.26. The predicted molar refractivity (Wildman–Crippen MR) is 73.1 cm³/mol. The first-order valence-corrected chi connectivity index (χ1v) is 6.43. The fraction of sp³-hybridized carbons (Fsp3) is 0.143. The van der Waals surface area contributed by atoms with Crippen molar-refractivity contribution in [3.63, 3.8) is 0 Å². The summed E-state index contributed by atoms with van der Waals surface area (Å²) in [6.45, 7) is 0. The van der Waals surface area contributed by atoms with E-state index in [1.807, 2.05) is 0 Å². The van der Waals surface area contributed by atoms with E-state index >= 15 is 0 Å². The lowest BCUT2D eigenvalue weighted by molar-refractivity contribution is 0.180. The molecule has 0 saturated carbocycles. The largest absolute Gasteiger partial charge is 0.388 e. The average molecular weight is 292 g/mol. The number of nitrogens with zero attached hydrogens (tertiary/aromatic N) is 3. The first kappa shape index (κ1) is 13.0. The van der Waals surface area contributed by atoms with Crippen LogP contribution in [0.15, 0.2) is 43.0 Å². The topological polar surface area (TPSA) is 50.4 Å². The van der Waals surface area contributed by atoms with Crippen LogP contribution in [0.3, 0.4) is 0 Å². The van der Waals surface area contributed by atoms with Crippen LogP contribution >= 0.6 is 11.6 Å². The monoisotopic (exact) mass is 291 g/mol. The van der Waals surface area contributed by atoms with E-state index < -0.39 is 11.9 Å². The summed E-state index contributed by atoms with van der Waals surface area (Å²) in [5.41, 5.74) is 1.91. The predicted octanol–water partition coefficient (Wildman–Crippen LogP) is 2.80. The quantitative estimate of drug-likeness (QED) is 0.807. The molecule has 0 fully saturated rings. The highest BCUT2D eigenvalue weighted by atomic mass is 35.5. The first-order valence-electron chi connectivity index (χ1n) is 6.05. The van der Waals surface area contributed by atoms with Crippen LogP contribution in [0.2, 0.25) is 5.02 Å². The van der Waals surface area contributed by atoms with Crippen molar-refractivity contribution in [2.45, 2.75) is 12.5 Å². The number of halogens is 2. The van der Waals surface area contributed by atoms with Gasteiger partial charge in [-0.2, -0.15) is 5.10 Å². The lowest BCUT2D eigenvalue weighted by atomic mass is 10.0. The van der Waals surface area contributed by atoms with Crippen molar-refractivity contribution < 1.29 is 9.50 Å². The van der Waals surface area contributed by atoms with Crippen molar-refractivity contribution in [3.8, 4) is 0 Å². The van der Waals surface area contributed by atoms with Gasteiger partial charge in [0.05, 0.1) is 29.0 Å². The number of rotatable bonds is 3. The molecule has 0 bridgehead atoms. The van der Waals surface area contributed by atoms with Gasteiger partial charge in [-0.3, -0.25) is 4.98 Å². The van der Waals surface area contributed by atoms with Crippen LogP contribution in [0, 0.1) is 5.82 Å². The minimum atomic E-state index is -0.823. The summed E-state index contributed by atoms with van der Waals surface area (Å²) in [6, 6.07) is 4.55. The summed E-state index contributed by atoms with van der Waals surface area (Å²) in [5.74, 6) is -0.488. The molecule has 3 rings (SSSR count). The van der Waals surface area contributed by atoms with Crippen LogP contribution in [0.5, 0.6) is 0 Å². The maximum absolute atomic E-state index is 13.4. The van der Waals surface area contributed by atoms with Gasteiger partial charge >= 0.3 is 0 Å². The third-order valence-electron chi connectivity index (χ3n) is 3.16. The molecule has 2 heterocycles. The Morgan fingerprint density at radius 3 is 3.05 bits per heavy atom. The van der Waals surface area contributed by atoms with E-state index in [2.05, 4.69) is 10.1 Å². The summed E-state index contributed by atoms with van der Waals surface area (Å²) in [6.07, 6.45) is 5.90. The molecule has 1 N–H and O–H groups in total. The van der Waals surface area contributed by atoms with Crippen LogP contribution in [0.4, 0.5) is 4.39 Å². The standard InChI is InChI=1S/C14H11ClFN3O/c15-14-9(2-1-3-11(14)16)6-13(20)10-7-18-19-5-4-17-8-12(10)19/h1-5,7-8,13,20H,6H2. The SMILES string of the molecule is OC(Cc1cccc(F)c1Cl)c1cnn2ccncc12. The molecule has 2 aromatic heterocycles. The molecule has 0 amide bonds. The molecule has 1 aromatic carbocycles. The highest BCUT2D eigenvalue weighted by molar-refractivity contribution is 6.31. The van der Waals surface area contributed by atoms with Crippen LogP contribution in [-0.4, -0.2) is 19.7 Å². The normalized spacial score (nSPS) is 12.8. The molecular weight excluding hydrogens is 281 g/mol. The van der Waals surface area contributed by atoms with Gasteiger partial charge < -0.3 is 5.11 Å². The summed E-state index contributed by atoms with van der Waals surface area (Å²) in [7, 11) is 0. The van der Waals surface area contributed by atoms with E-state index in [4.69, 9.17) is 11.6 Å². The molecule has 4 nitrogen and oxygen atoms in total. The molecule has 0 saturated heterocycles. The number of aliphatic hydroxyl groups is 1. The molecule has 0 aliphatic carbocycles. The summed E-state index contributed by atoms with van der Waals surface area (Å²) < 4.78 is 15.0. The van der Waals surface area contributed by atoms with Crippen molar-refractivity contribution in [1.82, 2.24) is 14.6 Å². The van der Waals surface area contributed by atoms with Crippen molar-refractivity contribution >= 4 is 17.1 Å². The van der Waals surface area contributed by atoms with Crippen molar-refractivity contribution in [3.05, 3.63) is 65.0 Å². The molecular formula is C14H11ClFN3O. The van der Waals surface area contributed by atoms with Gasteiger partial charge in [0.2, 0.25) is 0 Å². The molecule has 0 aliphatic rings.